The van der Waals surface area contributed by atoms with Crippen molar-refractivity contribution in [2.45, 2.75) is 52.1 Å². The van der Waals surface area contributed by atoms with Crippen molar-refractivity contribution in [3.05, 3.63) is 0 Å². The second-order valence-electron chi connectivity index (χ2n) is 4.12. The Balaban J connectivity index is 1.99. The van der Waals surface area contributed by atoms with Crippen LogP contribution in [0, 0.1) is 5.92 Å². The lowest BCUT2D eigenvalue weighted by molar-refractivity contribution is 0.126. The van der Waals surface area contributed by atoms with Gasteiger partial charge < -0.3 is 10.1 Å². The van der Waals surface area contributed by atoms with E-state index in [0.29, 0.717) is 6.04 Å². The van der Waals surface area contributed by atoms with Gasteiger partial charge >= 0.3 is 0 Å². The van der Waals surface area contributed by atoms with Gasteiger partial charge in [0.05, 0.1) is 6.61 Å². The van der Waals surface area contributed by atoms with Crippen molar-refractivity contribution in [2.75, 3.05) is 13.2 Å². The molecule has 1 aliphatic rings. The summed E-state index contributed by atoms with van der Waals surface area (Å²) in [6, 6.07) is 1.31. The van der Waals surface area contributed by atoms with E-state index in [2.05, 4.69) is 19.2 Å². The summed E-state index contributed by atoms with van der Waals surface area (Å²) in [7, 11) is 0. The van der Waals surface area contributed by atoms with Crippen LogP contribution in [0.25, 0.3) is 0 Å². The van der Waals surface area contributed by atoms with Crippen LogP contribution in [0.3, 0.4) is 0 Å². The molecule has 1 rings (SSSR count). The minimum atomic E-state index is 0.520. The molecule has 1 saturated carbocycles. The number of rotatable bonds is 7. The van der Waals surface area contributed by atoms with Gasteiger partial charge in [-0.05, 0) is 32.6 Å². The van der Waals surface area contributed by atoms with E-state index in [-0.39, 0.29) is 0 Å². The standard InChI is InChI=1S/C11H23NO/c1-4-6-10-7-11(10)12-9(3)8-13-5-2/h9-12H,4-8H2,1-3H3. The van der Waals surface area contributed by atoms with Crippen LogP contribution in [0.2, 0.25) is 0 Å². The first kappa shape index (κ1) is 11.0. The zero-order valence-corrected chi connectivity index (χ0v) is 9.18. The van der Waals surface area contributed by atoms with Gasteiger partial charge in [0.25, 0.3) is 0 Å². The fourth-order valence-electron chi connectivity index (χ4n) is 1.85. The van der Waals surface area contributed by atoms with Crippen molar-refractivity contribution in [3.8, 4) is 0 Å². The summed E-state index contributed by atoms with van der Waals surface area (Å²) < 4.78 is 5.36. The minimum Gasteiger partial charge on any atom is -0.380 e. The molecule has 0 radical (unpaired) electrons. The average molecular weight is 185 g/mol. The zero-order chi connectivity index (χ0) is 9.68. The van der Waals surface area contributed by atoms with Gasteiger partial charge in [0.1, 0.15) is 0 Å². The van der Waals surface area contributed by atoms with Gasteiger partial charge in [-0.1, -0.05) is 13.3 Å². The first-order valence-electron chi connectivity index (χ1n) is 5.61. The van der Waals surface area contributed by atoms with Crippen LogP contribution in [0.1, 0.15) is 40.0 Å². The SMILES string of the molecule is CCCC1CC1NC(C)COCC. The Kier molecular flexibility index (Phi) is 4.74. The molecule has 0 heterocycles. The largest absolute Gasteiger partial charge is 0.380 e. The molecule has 1 N–H and O–H groups in total. The van der Waals surface area contributed by atoms with E-state index >= 15 is 0 Å². The van der Waals surface area contributed by atoms with Gasteiger partial charge in [-0.2, -0.15) is 0 Å². The number of nitrogens with one attached hydrogen (secondary N) is 1. The van der Waals surface area contributed by atoms with Crippen molar-refractivity contribution >= 4 is 0 Å². The highest BCUT2D eigenvalue weighted by molar-refractivity contribution is 4.93. The van der Waals surface area contributed by atoms with Crippen molar-refractivity contribution in [1.82, 2.24) is 5.32 Å². The van der Waals surface area contributed by atoms with Gasteiger partial charge in [0.2, 0.25) is 0 Å². The molecule has 78 valence electrons. The molecule has 1 aliphatic carbocycles. The Morgan fingerprint density at radius 1 is 1.46 bits per heavy atom. The molecule has 3 unspecified atom stereocenters. The highest BCUT2D eigenvalue weighted by atomic mass is 16.5. The van der Waals surface area contributed by atoms with E-state index in [9.17, 15) is 0 Å². The summed E-state index contributed by atoms with van der Waals surface area (Å²) in [5.41, 5.74) is 0. The summed E-state index contributed by atoms with van der Waals surface area (Å²) >= 11 is 0. The van der Waals surface area contributed by atoms with E-state index in [1.165, 1.54) is 19.3 Å². The maximum absolute atomic E-state index is 5.36. The van der Waals surface area contributed by atoms with Gasteiger partial charge in [0.15, 0.2) is 0 Å². The van der Waals surface area contributed by atoms with Crippen LogP contribution in [-0.4, -0.2) is 25.3 Å². The molecule has 0 amide bonds. The summed E-state index contributed by atoms with van der Waals surface area (Å²) in [6.45, 7) is 8.20. The van der Waals surface area contributed by atoms with Crippen LogP contribution in [0.15, 0.2) is 0 Å². The molecule has 0 spiro atoms. The molecular formula is C11H23NO. The molecule has 0 aromatic rings. The monoisotopic (exact) mass is 185 g/mol. The quantitative estimate of drug-likeness (QED) is 0.656. The van der Waals surface area contributed by atoms with Gasteiger partial charge in [0, 0.05) is 18.7 Å². The third kappa shape index (κ3) is 4.10. The Bertz CT molecular complexity index is 138. The molecule has 2 heteroatoms. The summed E-state index contributed by atoms with van der Waals surface area (Å²) in [5, 5.41) is 3.60. The van der Waals surface area contributed by atoms with E-state index in [1.54, 1.807) is 0 Å². The first-order valence-corrected chi connectivity index (χ1v) is 5.61. The van der Waals surface area contributed by atoms with Crippen LogP contribution in [-0.2, 0) is 4.74 Å². The van der Waals surface area contributed by atoms with Crippen LogP contribution in [0.5, 0.6) is 0 Å². The lowest BCUT2D eigenvalue weighted by Gasteiger charge is -2.13. The lowest BCUT2D eigenvalue weighted by atomic mass is 10.2. The average Bonchev–Trinajstić information content (AvgIpc) is 2.81. The highest BCUT2D eigenvalue weighted by Crippen LogP contribution is 2.34. The molecular weight excluding hydrogens is 162 g/mol. The van der Waals surface area contributed by atoms with E-state index < -0.39 is 0 Å². The third-order valence-corrected chi connectivity index (χ3v) is 2.65. The van der Waals surface area contributed by atoms with E-state index in [4.69, 9.17) is 4.74 Å². The molecule has 0 aromatic heterocycles. The first-order chi connectivity index (χ1) is 6.27. The van der Waals surface area contributed by atoms with Crippen LogP contribution in [0.4, 0.5) is 0 Å². The van der Waals surface area contributed by atoms with E-state index in [1.807, 2.05) is 6.92 Å². The van der Waals surface area contributed by atoms with Gasteiger partial charge in [-0.3, -0.25) is 0 Å². The zero-order valence-electron chi connectivity index (χ0n) is 9.18. The predicted octanol–water partition coefficient (Wildman–Crippen LogP) is 2.19. The summed E-state index contributed by atoms with van der Waals surface area (Å²) in [5.74, 6) is 0.953. The molecule has 0 aromatic carbocycles. The van der Waals surface area contributed by atoms with Crippen LogP contribution >= 0.6 is 0 Å². The van der Waals surface area contributed by atoms with Gasteiger partial charge in [-0.25, -0.2) is 0 Å². The van der Waals surface area contributed by atoms with E-state index in [0.717, 1.165) is 25.2 Å². The molecule has 2 nitrogen and oxygen atoms in total. The maximum atomic E-state index is 5.36. The Morgan fingerprint density at radius 3 is 2.85 bits per heavy atom. The molecule has 0 aliphatic heterocycles. The molecule has 1 fully saturated rings. The molecule has 13 heavy (non-hydrogen) atoms. The number of hydrogen-bond acceptors (Lipinski definition) is 2. The fraction of sp³-hybridized carbons (Fsp3) is 1.00. The summed E-state index contributed by atoms with van der Waals surface area (Å²) in [4.78, 5) is 0. The lowest BCUT2D eigenvalue weighted by Crippen LogP contribution is -2.33. The van der Waals surface area contributed by atoms with Crippen LogP contribution < -0.4 is 5.32 Å². The molecule has 0 saturated heterocycles. The second kappa shape index (κ2) is 5.61. The topological polar surface area (TPSA) is 21.3 Å². The number of hydrogen-bond donors (Lipinski definition) is 1. The maximum Gasteiger partial charge on any atom is 0.0616 e. The molecule has 3 atom stereocenters. The smallest absolute Gasteiger partial charge is 0.0616 e. The van der Waals surface area contributed by atoms with Crippen molar-refractivity contribution < 1.29 is 4.74 Å². The Hall–Kier alpha value is -0.0800. The summed E-state index contributed by atoms with van der Waals surface area (Å²) in [6.07, 6.45) is 4.09. The normalized spacial score (nSPS) is 28.8. The van der Waals surface area contributed by atoms with Gasteiger partial charge in [-0.15, -0.1) is 0 Å². The second-order valence-corrected chi connectivity index (χ2v) is 4.12. The fourth-order valence-corrected chi connectivity index (χ4v) is 1.85. The third-order valence-electron chi connectivity index (χ3n) is 2.65. The minimum absolute atomic E-state index is 0.520. The highest BCUT2D eigenvalue weighted by Gasteiger charge is 2.36. The van der Waals surface area contributed by atoms with Crippen molar-refractivity contribution in [2.24, 2.45) is 5.92 Å². The van der Waals surface area contributed by atoms with Crippen molar-refractivity contribution in [1.29, 1.82) is 0 Å². The Labute approximate surface area is 82.0 Å². The predicted molar refractivity (Wildman–Crippen MR) is 55.9 cm³/mol. The molecule has 0 bridgehead atoms. The van der Waals surface area contributed by atoms with Crippen molar-refractivity contribution in [3.63, 3.8) is 0 Å². The Morgan fingerprint density at radius 2 is 2.23 bits per heavy atom. The number of ether oxygens (including phenoxy) is 1.